The van der Waals surface area contributed by atoms with Gasteiger partial charge in [0.05, 0.1) is 28.6 Å². The topological polar surface area (TPSA) is 117 Å². The molecule has 2 atom stereocenters. The Hall–Kier alpha value is -3.79. The molecule has 172 valence electrons. The minimum atomic E-state index is -1.22. The molecule has 0 bridgehead atoms. The second-order valence-corrected chi connectivity index (χ2v) is 7.63. The average molecular weight is 452 g/mol. The van der Waals surface area contributed by atoms with E-state index in [4.69, 9.17) is 9.47 Å². The van der Waals surface area contributed by atoms with Crippen molar-refractivity contribution in [3.05, 3.63) is 64.2 Å². The molecular formula is C23H24N4O6. The largest absolute Gasteiger partial charge is 0.465 e. The van der Waals surface area contributed by atoms with Crippen LogP contribution >= 0.6 is 0 Å². The minimum absolute atomic E-state index is 0.103. The zero-order valence-electron chi connectivity index (χ0n) is 18.3. The highest BCUT2D eigenvalue weighted by atomic mass is 16.6. The number of nitro benzene ring substituents is 1. The van der Waals surface area contributed by atoms with Crippen LogP contribution in [0.4, 0.5) is 11.6 Å². The Morgan fingerprint density at radius 1 is 1.21 bits per heavy atom. The zero-order chi connectivity index (χ0) is 23.5. The van der Waals surface area contributed by atoms with Gasteiger partial charge in [-0.25, -0.2) is 4.98 Å². The van der Waals surface area contributed by atoms with Crippen LogP contribution in [0.15, 0.2) is 48.5 Å². The predicted molar refractivity (Wildman–Crippen MR) is 120 cm³/mol. The van der Waals surface area contributed by atoms with Crippen LogP contribution < -0.4 is 4.90 Å². The molecule has 0 fully saturated rings. The number of nitro groups is 1. The van der Waals surface area contributed by atoms with E-state index in [2.05, 4.69) is 4.98 Å². The molecule has 0 aliphatic carbocycles. The third-order valence-corrected chi connectivity index (χ3v) is 5.64. The first-order chi connectivity index (χ1) is 16.0. The smallest absolute Gasteiger partial charge is 0.321 e. The fourth-order valence-electron chi connectivity index (χ4n) is 4.25. The van der Waals surface area contributed by atoms with Crippen molar-refractivity contribution in [3.63, 3.8) is 0 Å². The number of fused-ring (bicyclic) bond motifs is 3. The normalized spacial score (nSPS) is 17.8. The predicted octanol–water partition coefficient (Wildman–Crippen LogP) is 3.10. The van der Waals surface area contributed by atoms with E-state index in [9.17, 15) is 19.7 Å². The van der Waals surface area contributed by atoms with Crippen LogP contribution in [0.5, 0.6) is 0 Å². The number of para-hydroxylation sites is 2. The van der Waals surface area contributed by atoms with Crippen LogP contribution in [0.25, 0.3) is 11.0 Å². The summed E-state index contributed by atoms with van der Waals surface area (Å²) in [5.41, 5.74) is 1.69. The average Bonchev–Trinajstić information content (AvgIpc) is 3.19. The van der Waals surface area contributed by atoms with Crippen LogP contribution in [0.1, 0.15) is 24.9 Å². The summed E-state index contributed by atoms with van der Waals surface area (Å²) in [5.74, 6) is -1.97. The van der Waals surface area contributed by atoms with Crippen LogP contribution in [-0.4, -0.2) is 53.2 Å². The lowest BCUT2D eigenvalue weighted by Crippen LogP contribution is -2.50. The lowest BCUT2D eigenvalue weighted by atomic mass is 9.89. The van der Waals surface area contributed by atoms with Gasteiger partial charge >= 0.3 is 5.97 Å². The summed E-state index contributed by atoms with van der Waals surface area (Å²) in [6.45, 7) is 2.50. The molecule has 1 aromatic heterocycles. The Labute approximate surface area is 189 Å². The van der Waals surface area contributed by atoms with Crippen LogP contribution in [0.3, 0.4) is 0 Å². The third-order valence-electron chi connectivity index (χ3n) is 5.64. The van der Waals surface area contributed by atoms with Crippen molar-refractivity contribution < 1.29 is 24.0 Å². The lowest BCUT2D eigenvalue weighted by Gasteiger charge is -2.37. The maximum Gasteiger partial charge on any atom is 0.321 e. The SMILES string of the molecule is CCOC(=O)[C@H]1C(=O)N(CCCOC)c2nc3ccccc3n2[C@@H]1c1cccc([N+](=O)[O-])c1. The Kier molecular flexibility index (Phi) is 6.36. The van der Waals surface area contributed by atoms with Crippen molar-refractivity contribution in [1.82, 2.24) is 9.55 Å². The van der Waals surface area contributed by atoms with E-state index in [1.165, 1.54) is 17.0 Å². The number of imidazole rings is 1. The van der Waals surface area contributed by atoms with Gasteiger partial charge in [-0.2, -0.15) is 0 Å². The molecule has 0 saturated heterocycles. The molecule has 0 N–H and O–H groups in total. The fourth-order valence-corrected chi connectivity index (χ4v) is 4.25. The van der Waals surface area contributed by atoms with E-state index in [1.54, 1.807) is 26.2 Å². The highest BCUT2D eigenvalue weighted by Crippen LogP contribution is 2.41. The molecule has 2 heterocycles. The van der Waals surface area contributed by atoms with E-state index in [0.717, 1.165) is 0 Å². The molecule has 1 amide bonds. The second-order valence-electron chi connectivity index (χ2n) is 7.63. The first kappa shape index (κ1) is 22.4. The highest BCUT2D eigenvalue weighted by Gasteiger charge is 2.47. The molecular weight excluding hydrogens is 428 g/mol. The summed E-state index contributed by atoms with van der Waals surface area (Å²) in [4.78, 5) is 43.9. The number of methoxy groups -OCH3 is 1. The van der Waals surface area contributed by atoms with Gasteiger partial charge in [-0.05, 0) is 31.0 Å². The lowest BCUT2D eigenvalue weighted by molar-refractivity contribution is -0.384. The molecule has 0 radical (unpaired) electrons. The Bertz CT molecular complexity index is 1210. The second kappa shape index (κ2) is 9.37. The van der Waals surface area contributed by atoms with Gasteiger partial charge in [0, 0.05) is 32.4 Å². The van der Waals surface area contributed by atoms with Crippen molar-refractivity contribution in [1.29, 1.82) is 0 Å². The first-order valence-electron chi connectivity index (χ1n) is 10.7. The van der Waals surface area contributed by atoms with Crippen LogP contribution in [0, 0.1) is 16.0 Å². The summed E-state index contributed by atoms with van der Waals surface area (Å²) >= 11 is 0. The van der Waals surface area contributed by atoms with Gasteiger partial charge in [0.1, 0.15) is 0 Å². The number of carbonyl (C=O) groups excluding carboxylic acids is 2. The molecule has 4 rings (SSSR count). The van der Waals surface area contributed by atoms with Crippen molar-refractivity contribution >= 4 is 34.5 Å². The first-order valence-corrected chi connectivity index (χ1v) is 10.7. The van der Waals surface area contributed by atoms with Gasteiger partial charge in [0.2, 0.25) is 11.9 Å². The maximum absolute atomic E-state index is 13.7. The molecule has 1 aliphatic rings. The van der Waals surface area contributed by atoms with E-state index < -0.39 is 28.8 Å². The van der Waals surface area contributed by atoms with Gasteiger partial charge in [-0.3, -0.25) is 24.6 Å². The minimum Gasteiger partial charge on any atom is -0.465 e. The zero-order valence-corrected chi connectivity index (χ0v) is 18.3. The summed E-state index contributed by atoms with van der Waals surface area (Å²) in [5, 5.41) is 11.4. The van der Waals surface area contributed by atoms with Gasteiger partial charge in [-0.1, -0.05) is 24.3 Å². The molecule has 2 aromatic carbocycles. The number of non-ortho nitro benzene ring substituents is 1. The van der Waals surface area contributed by atoms with E-state index >= 15 is 0 Å². The van der Waals surface area contributed by atoms with Gasteiger partial charge < -0.3 is 14.0 Å². The van der Waals surface area contributed by atoms with Gasteiger partial charge in [0.15, 0.2) is 5.92 Å². The number of rotatable bonds is 8. The van der Waals surface area contributed by atoms with Crippen LogP contribution in [-0.2, 0) is 19.1 Å². The number of carbonyl (C=O) groups is 2. The number of nitrogens with zero attached hydrogens (tertiary/aromatic N) is 4. The fraction of sp³-hybridized carbons (Fsp3) is 0.348. The molecule has 33 heavy (non-hydrogen) atoms. The van der Waals surface area contributed by atoms with Crippen molar-refractivity contribution in [2.45, 2.75) is 19.4 Å². The molecule has 0 spiro atoms. The van der Waals surface area contributed by atoms with E-state index in [-0.39, 0.29) is 12.3 Å². The molecule has 10 nitrogen and oxygen atoms in total. The quantitative estimate of drug-likeness (QED) is 0.169. The van der Waals surface area contributed by atoms with Gasteiger partial charge in [-0.15, -0.1) is 0 Å². The highest BCUT2D eigenvalue weighted by molar-refractivity contribution is 6.08. The molecule has 1 aliphatic heterocycles. The number of anilines is 1. The van der Waals surface area contributed by atoms with Crippen LogP contribution in [0.2, 0.25) is 0 Å². The van der Waals surface area contributed by atoms with Crippen molar-refractivity contribution in [3.8, 4) is 0 Å². The summed E-state index contributed by atoms with van der Waals surface area (Å²) in [7, 11) is 1.58. The standard InChI is InChI=1S/C23H24N4O6/c1-3-33-22(29)19-20(15-8-6-9-16(14-15)27(30)31)26-18-11-5-4-10-17(18)24-23(26)25(21(19)28)12-7-13-32-2/h4-6,8-11,14,19-20H,3,7,12-13H2,1-2H3/t19-,20-/m1/s1. The number of esters is 1. The number of hydrogen-bond acceptors (Lipinski definition) is 7. The number of benzene rings is 2. The molecule has 0 saturated carbocycles. The Morgan fingerprint density at radius 2 is 2.00 bits per heavy atom. The summed E-state index contributed by atoms with van der Waals surface area (Å²) in [6.07, 6.45) is 0.544. The number of amides is 1. The monoisotopic (exact) mass is 452 g/mol. The number of ether oxygens (including phenoxy) is 2. The Morgan fingerprint density at radius 3 is 2.73 bits per heavy atom. The van der Waals surface area contributed by atoms with Gasteiger partial charge in [0.25, 0.3) is 5.69 Å². The Balaban J connectivity index is 1.96. The molecule has 0 unspecified atom stereocenters. The van der Waals surface area contributed by atoms with Crippen molar-refractivity contribution in [2.24, 2.45) is 5.92 Å². The number of aromatic nitrogens is 2. The molecule has 10 heteroatoms. The maximum atomic E-state index is 13.7. The van der Waals surface area contributed by atoms with Crippen molar-refractivity contribution in [2.75, 3.05) is 31.8 Å². The summed E-state index contributed by atoms with van der Waals surface area (Å²) in [6, 6.07) is 12.5. The van der Waals surface area contributed by atoms with E-state index in [1.807, 2.05) is 28.8 Å². The summed E-state index contributed by atoms with van der Waals surface area (Å²) < 4.78 is 12.2. The third kappa shape index (κ3) is 4.05. The van der Waals surface area contributed by atoms with E-state index in [0.29, 0.717) is 42.1 Å². The number of hydrogen-bond donors (Lipinski definition) is 0. The molecule has 3 aromatic rings.